The van der Waals surface area contributed by atoms with Crippen LogP contribution in [0.5, 0.6) is 5.75 Å². The Morgan fingerprint density at radius 2 is 2.04 bits per heavy atom. The lowest BCUT2D eigenvalue weighted by Crippen LogP contribution is -2.43. The molecule has 0 aromatic carbocycles. The lowest BCUT2D eigenvalue weighted by atomic mass is 10.1. The SMILES string of the molecule is Cc1cc(N[C@@H]2CCCN(CCO)C2)nnc1-c1ncc(C(F)(F)F)cc1O. The predicted octanol–water partition coefficient (Wildman–Crippen LogP) is 2.44. The number of aromatic hydroxyl groups is 1. The number of aryl methyl sites for hydroxylation is 1. The minimum absolute atomic E-state index is 0.0451. The first-order chi connectivity index (χ1) is 13.3. The van der Waals surface area contributed by atoms with Crippen LogP contribution in [0.15, 0.2) is 18.3 Å². The van der Waals surface area contributed by atoms with Crippen LogP contribution < -0.4 is 5.32 Å². The normalized spacial score (nSPS) is 18.2. The number of nitrogens with zero attached hydrogens (tertiary/aromatic N) is 4. The molecule has 0 radical (unpaired) electrons. The summed E-state index contributed by atoms with van der Waals surface area (Å²) in [4.78, 5) is 5.89. The Balaban J connectivity index is 1.76. The highest BCUT2D eigenvalue weighted by molar-refractivity contribution is 5.66. The van der Waals surface area contributed by atoms with E-state index in [9.17, 15) is 18.3 Å². The van der Waals surface area contributed by atoms with Gasteiger partial charge in [-0.25, -0.2) is 4.98 Å². The summed E-state index contributed by atoms with van der Waals surface area (Å²) in [6.45, 7) is 4.20. The highest BCUT2D eigenvalue weighted by atomic mass is 19.4. The maximum atomic E-state index is 12.7. The summed E-state index contributed by atoms with van der Waals surface area (Å²) in [6, 6.07) is 2.52. The van der Waals surface area contributed by atoms with E-state index >= 15 is 0 Å². The number of likely N-dealkylation sites (tertiary alicyclic amines) is 1. The number of halogens is 3. The third-order valence-corrected chi connectivity index (χ3v) is 4.68. The van der Waals surface area contributed by atoms with Gasteiger partial charge >= 0.3 is 6.18 Å². The summed E-state index contributed by atoms with van der Waals surface area (Å²) in [6.07, 6.45) is -1.95. The number of aromatic nitrogens is 3. The van der Waals surface area contributed by atoms with E-state index in [1.54, 1.807) is 13.0 Å². The number of hydrogen-bond donors (Lipinski definition) is 3. The number of rotatable bonds is 5. The number of nitrogens with one attached hydrogen (secondary N) is 1. The molecule has 0 bridgehead atoms. The van der Waals surface area contributed by atoms with Gasteiger partial charge in [-0.1, -0.05) is 0 Å². The van der Waals surface area contributed by atoms with Crippen molar-refractivity contribution in [1.82, 2.24) is 20.1 Å². The van der Waals surface area contributed by atoms with Crippen molar-refractivity contribution in [3.63, 3.8) is 0 Å². The van der Waals surface area contributed by atoms with E-state index in [4.69, 9.17) is 5.11 Å². The number of aliphatic hydroxyl groups excluding tert-OH is 1. The molecule has 1 aliphatic rings. The number of piperidine rings is 1. The second-order valence-corrected chi connectivity index (χ2v) is 6.86. The van der Waals surface area contributed by atoms with Crippen molar-refractivity contribution in [1.29, 1.82) is 0 Å². The third-order valence-electron chi connectivity index (χ3n) is 4.68. The molecule has 2 aromatic rings. The van der Waals surface area contributed by atoms with Crippen molar-refractivity contribution in [2.75, 3.05) is 31.6 Å². The van der Waals surface area contributed by atoms with Crippen molar-refractivity contribution in [2.24, 2.45) is 0 Å². The molecule has 0 saturated carbocycles. The number of aliphatic hydroxyl groups is 1. The summed E-state index contributed by atoms with van der Waals surface area (Å²) < 4.78 is 38.2. The zero-order valence-corrected chi connectivity index (χ0v) is 15.4. The second-order valence-electron chi connectivity index (χ2n) is 6.86. The fraction of sp³-hybridized carbons (Fsp3) is 0.500. The van der Waals surface area contributed by atoms with Crippen molar-refractivity contribution in [2.45, 2.75) is 32.0 Å². The van der Waals surface area contributed by atoms with Gasteiger partial charge in [0.25, 0.3) is 0 Å². The van der Waals surface area contributed by atoms with Gasteiger partial charge in [0, 0.05) is 25.3 Å². The molecule has 0 aliphatic carbocycles. The third kappa shape index (κ3) is 4.68. The molecule has 28 heavy (non-hydrogen) atoms. The molecule has 1 aliphatic heterocycles. The van der Waals surface area contributed by atoms with Gasteiger partial charge in [-0.3, -0.25) is 4.90 Å². The fourth-order valence-electron chi connectivity index (χ4n) is 3.31. The predicted molar refractivity (Wildman–Crippen MR) is 96.8 cm³/mol. The van der Waals surface area contributed by atoms with Crippen LogP contribution in [-0.2, 0) is 6.18 Å². The summed E-state index contributed by atoms with van der Waals surface area (Å²) in [7, 11) is 0. The van der Waals surface area contributed by atoms with E-state index in [0.29, 0.717) is 30.2 Å². The first-order valence-corrected chi connectivity index (χ1v) is 8.98. The van der Waals surface area contributed by atoms with Gasteiger partial charge in [0.05, 0.1) is 12.2 Å². The fourth-order valence-corrected chi connectivity index (χ4v) is 3.31. The molecule has 1 fully saturated rings. The Kier molecular flexibility index (Phi) is 5.99. The van der Waals surface area contributed by atoms with Gasteiger partial charge in [0.1, 0.15) is 23.0 Å². The number of hydrogen-bond acceptors (Lipinski definition) is 7. The summed E-state index contributed by atoms with van der Waals surface area (Å²) in [5.41, 5.74) is -0.218. The Morgan fingerprint density at radius 3 is 2.68 bits per heavy atom. The Labute approximate surface area is 160 Å². The number of alkyl halides is 3. The van der Waals surface area contributed by atoms with Crippen LogP contribution in [-0.4, -0.2) is 62.6 Å². The number of anilines is 1. The lowest BCUT2D eigenvalue weighted by molar-refractivity contribution is -0.137. The van der Waals surface area contributed by atoms with Crippen LogP contribution in [0.2, 0.25) is 0 Å². The first-order valence-electron chi connectivity index (χ1n) is 8.98. The maximum Gasteiger partial charge on any atom is 0.418 e. The number of pyridine rings is 1. The van der Waals surface area contributed by atoms with E-state index in [1.807, 2.05) is 0 Å². The standard InChI is InChI=1S/C18H22F3N5O2/c1-11-7-15(23-13-3-2-4-26(10-13)5-6-27)24-25-16(11)17-14(28)8-12(9-22-17)18(19,20)21/h7-9,13,27-28H,2-6,10H2,1H3,(H,23,24)/t13-/m1/s1. The molecule has 1 atom stereocenters. The summed E-state index contributed by atoms with van der Waals surface area (Å²) in [5, 5.41) is 30.5. The van der Waals surface area contributed by atoms with Crippen LogP contribution in [0, 0.1) is 6.92 Å². The van der Waals surface area contributed by atoms with Crippen LogP contribution in [0.1, 0.15) is 24.0 Å². The Hall–Kier alpha value is -2.46. The average Bonchev–Trinajstić information content (AvgIpc) is 2.62. The summed E-state index contributed by atoms with van der Waals surface area (Å²) >= 11 is 0. The van der Waals surface area contributed by atoms with Crippen LogP contribution in [0.4, 0.5) is 19.0 Å². The molecule has 0 spiro atoms. The first kappa shape index (κ1) is 20.3. The van der Waals surface area contributed by atoms with E-state index in [-0.39, 0.29) is 24.0 Å². The monoisotopic (exact) mass is 397 g/mol. The molecule has 7 nitrogen and oxygen atoms in total. The van der Waals surface area contributed by atoms with E-state index in [0.717, 1.165) is 25.9 Å². The Bertz CT molecular complexity index is 829. The molecule has 152 valence electrons. The van der Waals surface area contributed by atoms with Gasteiger partial charge in [-0.05, 0) is 44.0 Å². The molecule has 3 N–H and O–H groups in total. The van der Waals surface area contributed by atoms with E-state index < -0.39 is 17.5 Å². The Morgan fingerprint density at radius 1 is 1.25 bits per heavy atom. The van der Waals surface area contributed by atoms with Crippen LogP contribution in [0.25, 0.3) is 11.4 Å². The van der Waals surface area contributed by atoms with E-state index in [1.165, 1.54) is 0 Å². The summed E-state index contributed by atoms with van der Waals surface area (Å²) in [5.74, 6) is -0.0524. The highest BCUT2D eigenvalue weighted by Gasteiger charge is 2.32. The molecule has 3 rings (SSSR count). The highest BCUT2D eigenvalue weighted by Crippen LogP contribution is 2.35. The molecule has 0 unspecified atom stereocenters. The molecule has 3 heterocycles. The largest absolute Gasteiger partial charge is 0.506 e. The molecule has 2 aromatic heterocycles. The van der Waals surface area contributed by atoms with Gasteiger partial charge in [-0.15, -0.1) is 10.2 Å². The van der Waals surface area contributed by atoms with Crippen LogP contribution >= 0.6 is 0 Å². The topological polar surface area (TPSA) is 94.4 Å². The quantitative estimate of drug-likeness (QED) is 0.713. The molecular formula is C18H22F3N5O2. The van der Waals surface area contributed by atoms with Crippen molar-refractivity contribution in [3.05, 3.63) is 29.5 Å². The van der Waals surface area contributed by atoms with Gasteiger partial charge in [0.15, 0.2) is 0 Å². The lowest BCUT2D eigenvalue weighted by Gasteiger charge is -2.32. The van der Waals surface area contributed by atoms with Gasteiger partial charge < -0.3 is 15.5 Å². The molecule has 1 saturated heterocycles. The minimum atomic E-state index is -4.58. The maximum absolute atomic E-state index is 12.7. The van der Waals surface area contributed by atoms with Crippen LogP contribution in [0.3, 0.4) is 0 Å². The molecule has 0 amide bonds. The minimum Gasteiger partial charge on any atom is -0.506 e. The number of β-amino-alcohol motifs (C(OH)–C–C–N with tert-alkyl or cyclic N) is 1. The van der Waals surface area contributed by atoms with Crippen molar-refractivity contribution >= 4 is 5.82 Å². The van der Waals surface area contributed by atoms with Gasteiger partial charge in [0.2, 0.25) is 0 Å². The second kappa shape index (κ2) is 8.27. The zero-order valence-electron chi connectivity index (χ0n) is 15.4. The van der Waals surface area contributed by atoms with Gasteiger partial charge in [-0.2, -0.15) is 13.2 Å². The zero-order chi connectivity index (χ0) is 20.3. The molecule has 10 heteroatoms. The van der Waals surface area contributed by atoms with E-state index in [2.05, 4.69) is 25.4 Å². The molecular weight excluding hydrogens is 375 g/mol. The van der Waals surface area contributed by atoms with Crippen molar-refractivity contribution < 1.29 is 23.4 Å². The smallest absolute Gasteiger partial charge is 0.418 e. The average molecular weight is 397 g/mol. The van der Waals surface area contributed by atoms with Crippen molar-refractivity contribution in [3.8, 4) is 17.1 Å².